The second kappa shape index (κ2) is 7.06. The average Bonchev–Trinajstić information content (AvgIpc) is 2.44. The summed E-state index contributed by atoms with van der Waals surface area (Å²) in [5, 5.41) is 3.58. The molecule has 1 N–H and O–H groups in total. The Morgan fingerprint density at radius 1 is 1.16 bits per heavy atom. The number of methoxy groups -OCH3 is 2. The van der Waals surface area contributed by atoms with Gasteiger partial charge >= 0.3 is 0 Å². The van der Waals surface area contributed by atoms with Gasteiger partial charge < -0.3 is 14.8 Å². The highest BCUT2D eigenvalue weighted by Gasteiger charge is 2.16. The molecule has 0 atom stereocenters. The molecule has 0 aliphatic rings. The Kier molecular flexibility index (Phi) is 6.01. The van der Waals surface area contributed by atoms with Crippen molar-refractivity contribution in [2.24, 2.45) is 0 Å². The molecule has 4 heteroatoms. The lowest BCUT2D eigenvalue weighted by Crippen LogP contribution is -2.37. The predicted octanol–water partition coefficient (Wildman–Crippen LogP) is 3.70. The monoisotopic (exact) mass is 283 g/mol. The van der Waals surface area contributed by atoms with Crippen molar-refractivity contribution in [3.63, 3.8) is 0 Å². The van der Waals surface area contributed by atoms with Crippen LogP contribution in [0.1, 0.15) is 32.8 Å². The zero-order chi connectivity index (χ0) is 14.5. The molecule has 1 aromatic carbocycles. The SMILES string of the molecule is CCC(C)(C)NCc1cc(OC)c(OC)cc1SC. The van der Waals surface area contributed by atoms with E-state index in [1.807, 2.05) is 6.07 Å². The number of nitrogens with one attached hydrogen (secondary N) is 1. The van der Waals surface area contributed by atoms with Gasteiger partial charge in [0.2, 0.25) is 0 Å². The molecular formula is C15H25NO2S. The number of hydrogen-bond acceptors (Lipinski definition) is 4. The molecule has 3 nitrogen and oxygen atoms in total. The van der Waals surface area contributed by atoms with Crippen LogP contribution in [0.15, 0.2) is 17.0 Å². The lowest BCUT2D eigenvalue weighted by Gasteiger charge is -2.25. The number of ether oxygens (including phenoxy) is 2. The van der Waals surface area contributed by atoms with Crippen LogP contribution < -0.4 is 14.8 Å². The van der Waals surface area contributed by atoms with Gasteiger partial charge in [0.05, 0.1) is 14.2 Å². The fraction of sp³-hybridized carbons (Fsp3) is 0.600. The quantitative estimate of drug-likeness (QED) is 0.773. The van der Waals surface area contributed by atoms with E-state index >= 15 is 0 Å². The van der Waals surface area contributed by atoms with Crippen molar-refractivity contribution in [2.75, 3.05) is 20.5 Å². The molecule has 0 aromatic heterocycles. The van der Waals surface area contributed by atoms with Gasteiger partial charge in [0.25, 0.3) is 0 Å². The minimum absolute atomic E-state index is 0.142. The Balaban J connectivity index is 2.99. The van der Waals surface area contributed by atoms with Gasteiger partial charge in [-0.2, -0.15) is 0 Å². The van der Waals surface area contributed by atoms with Crippen LogP contribution in [0.25, 0.3) is 0 Å². The summed E-state index contributed by atoms with van der Waals surface area (Å²) in [6.45, 7) is 7.45. The second-order valence-electron chi connectivity index (χ2n) is 5.11. The topological polar surface area (TPSA) is 30.5 Å². The molecular weight excluding hydrogens is 258 g/mol. The van der Waals surface area contributed by atoms with E-state index in [1.165, 1.54) is 10.5 Å². The first kappa shape index (κ1) is 16.2. The lowest BCUT2D eigenvalue weighted by molar-refractivity contribution is 0.350. The maximum atomic E-state index is 5.37. The first-order valence-corrected chi connectivity index (χ1v) is 7.73. The number of rotatable bonds is 7. The van der Waals surface area contributed by atoms with Crippen LogP contribution in [0, 0.1) is 0 Å². The predicted molar refractivity (Wildman–Crippen MR) is 82.5 cm³/mol. The molecule has 0 amide bonds. The summed E-state index contributed by atoms with van der Waals surface area (Å²) in [5.41, 5.74) is 1.38. The second-order valence-corrected chi connectivity index (χ2v) is 5.96. The number of thioether (sulfide) groups is 1. The summed E-state index contributed by atoms with van der Waals surface area (Å²) in [6.07, 6.45) is 3.17. The van der Waals surface area contributed by atoms with Crippen molar-refractivity contribution >= 4 is 11.8 Å². The summed E-state index contributed by atoms with van der Waals surface area (Å²) in [4.78, 5) is 1.22. The van der Waals surface area contributed by atoms with Gasteiger partial charge in [-0.3, -0.25) is 0 Å². The van der Waals surface area contributed by atoms with Crippen LogP contribution in [0.4, 0.5) is 0 Å². The largest absolute Gasteiger partial charge is 0.493 e. The fourth-order valence-electron chi connectivity index (χ4n) is 1.69. The van der Waals surface area contributed by atoms with Crippen LogP contribution in [-0.2, 0) is 6.54 Å². The minimum Gasteiger partial charge on any atom is -0.493 e. The van der Waals surface area contributed by atoms with Crippen LogP contribution in [0.2, 0.25) is 0 Å². The van der Waals surface area contributed by atoms with Gasteiger partial charge in [-0.15, -0.1) is 11.8 Å². The minimum atomic E-state index is 0.142. The highest BCUT2D eigenvalue weighted by molar-refractivity contribution is 7.98. The van der Waals surface area contributed by atoms with E-state index in [1.54, 1.807) is 26.0 Å². The van der Waals surface area contributed by atoms with E-state index < -0.39 is 0 Å². The molecule has 1 aromatic rings. The van der Waals surface area contributed by atoms with Crippen LogP contribution in [0.5, 0.6) is 11.5 Å². The van der Waals surface area contributed by atoms with Gasteiger partial charge in [-0.25, -0.2) is 0 Å². The van der Waals surface area contributed by atoms with Gasteiger partial charge in [0, 0.05) is 17.0 Å². The van der Waals surface area contributed by atoms with Crippen molar-refractivity contribution < 1.29 is 9.47 Å². The summed E-state index contributed by atoms with van der Waals surface area (Å²) < 4.78 is 10.7. The Bertz CT molecular complexity index is 419. The highest BCUT2D eigenvalue weighted by Crippen LogP contribution is 2.34. The van der Waals surface area contributed by atoms with Crippen molar-refractivity contribution in [3.8, 4) is 11.5 Å². The highest BCUT2D eigenvalue weighted by atomic mass is 32.2. The fourth-order valence-corrected chi connectivity index (χ4v) is 2.31. The Labute approximate surface area is 121 Å². The molecule has 1 rings (SSSR count). The molecule has 0 heterocycles. The van der Waals surface area contributed by atoms with Gasteiger partial charge in [-0.05, 0) is 44.2 Å². The molecule has 0 unspecified atom stereocenters. The third-order valence-corrected chi connectivity index (χ3v) is 4.25. The summed E-state index contributed by atoms with van der Waals surface area (Å²) >= 11 is 1.73. The van der Waals surface area contributed by atoms with Gasteiger partial charge in [-0.1, -0.05) is 6.92 Å². The van der Waals surface area contributed by atoms with E-state index in [0.717, 1.165) is 24.5 Å². The van der Waals surface area contributed by atoms with E-state index in [9.17, 15) is 0 Å². The maximum absolute atomic E-state index is 5.37. The lowest BCUT2D eigenvalue weighted by atomic mass is 10.0. The van der Waals surface area contributed by atoms with Gasteiger partial charge in [0.1, 0.15) is 0 Å². The smallest absolute Gasteiger partial charge is 0.161 e. The molecule has 19 heavy (non-hydrogen) atoms. The van der Waals surface area contributed by atoms with Crippen molar-refractivity contribution in [2.45, 2.75) is 44.2 Å². The molecule has 0 radical (unpaired) electrons. The number of hydrogen-bond donors (Lipinski definition) is 1. The van der Waals surface area contributed by atoms with E-state index in [0.29, 0.717) is 0 Å². The molecule has 0 aliphatic heterocycles. The third kappa shape index (κ3) is 4.32. The standard InChI is InChI=1S/C15H25NO2S/c1-7-15(2,3)16-10-11-8-12(17-4)13(18-5)9-14(11)19-6/h8-9,16H,7,10H2,1-6H3. The Hall–Kier alpha value is -0.870. The molecule has 0 fully saturated rings. The first-order chi connectivity index (χ1) is 8.97. The van der Waals surface area contributed by atoms with E-state index in [-0.39, 0.29) is 5.54 Å². The normalized spacial score (nSPS) is 11.5. The van der Waals surface area contributed by atoms with Crippen LogP contribution >= 0.6 is 11.8 Å². The summed E-state index contributed by atoms with van der Waals surface area (Å²) in [6, 6.07) is 4.10. The van der Waals surface area contributed by atoms with Crippen molar-refractivity contribution in [1.82, 2.24) is 5.32 Å². The van der Waals surface area contributed by atoms with Crippen molar-refractivity contribution in [3.05, 3.63) is 17.7 Å². The van der Waals surface area contributed by atoms with Crippen molar-refractivity contribution in [1.29, 1.82) is 0 Å². The molecule has 0 spiro atoms. The zero-order valence-corrected chi connectivity index (χ0v) is 13.6. The average molecular weight is 283 g/mol. The van der Waals surface area contributed by atoms with E-state index in [4.69, 9.17) is 9.47 Å². The maximum Gasteiger partial charge on any atom is 0.161 e. The first-order valence-electron chi connectivity index (χ1n) is 6.51. The zero-order valence-electron chi connectivity index (χ0n) is 12.8. The molecule has 108 valence electrons. The van der Waals surface area contributed by atoms with Gasteiger partial charge in [0.15, 0.2) is 11.5 Å². The Morgan fingerprint density at radius 3 is 2.21 bits per heavy atom. The third-order valence-electron chi connectivity index (χ3n) is 3.43. The van der Waals surface area contributed by atoms with E-state index in [2.05, 4.69) is 38.4 Å². The summed E-state index contributed by atoms with van der Waals surface area (Å²) in [7, 11) is 3.34. The molecule has 0 aliphatic carbocycles. The number of benzene rings is 1. The van der Waals surface area contributed by atoms with Crippen LogP contribution in [-0.4, -0.2) is 26.0 Å². The Morgan fingerprint density at radius 2 is 1.74 bits per heavy atom. The van der Waals surface area contributed by atoms with Crippen LogP contribution in [0.3, 0.4) is 0 Å². The molecule has 0 saturated heterocycles. The summed E-state index contributed by atoms with van der Waals surface area (Å²) in [5.74, 6) is 1.57. The molecule has 0 saturated carbocycles. The molecule has 0 bridgehead atoms.